The topological polar surface area (TPSA) is 105 Å². The van der Waals surface area contributed by atoms with E-state index in [0.717, 1.165) is 18.2 Å². The molecule has 7 nitrogen and oxygen atoms in total. The lowest BCUT2D eigenvalue weighted by Crippen LogP contribution is -2.33. The fourth-order valence-electron chi connectivity index (χ4n) is 3.33. The minimum Gasteiger partial charge on any atom is -0.505 e. The summed E-state index contributed by atoms with van der Waals surface area (Å²) in [6, 6.07) is 11.1. The maximum absolute atomic E-state index is 14.7. The molecule has 0 unspecified atom stereocenters. The first-order valence-corrected chi connectivity index (χ1v) is 11.9. The monoisotopic (exact) mass is 510 g/mol. The molecule has 0 aromatic heterocycles. The van der Waals surface area contributed by atoms with E-state index in [9.17, 15) is 22.7 Å². The van der Waals surface area contributed by atoms with Crippen molar-refractivity contribution in [2.24, 2.45) is 0 Å². The number of aromatic hydroxyl groups is 1. The van der Waals surface area contributed by atoms with E-state index in [1.54, 1.807) is 31.2 Å². The summed E-state index contributed by atoms with van der Waals surface area (Å²) in [4.78, 5) is 11.9. The van der Waals surface area contributed by atoms with Crippen molar-refractivity contribution in [1.82, 2.24) is 5.32 Å². The van der Waals surface area contributed by atoms with Gasteiger partial charge in [0.05, 0.1) is 22.3 Å². The normalized spacial score (nSPS) is 17.5. The van der Waals surface area contributed by atoms with Gasteiger partial charge in [-0.3, -0.25) is 9.52 Å². The highest BCUT2D eigenvalue weighted by Gasteiger charge is 2.26. The molecule has 0 aliphatic carbocycles. The number of hydrogen-bond donors (Lipinski definition) is 3. The number of carbonyl (C=O) groups is 1. The van der Waals surface area contributed by atoms with Crippen LogP contribution in [0.3, 0.4) is 0 Å². The molecule has 0 radical (unpaired) electrons. The van der Waals surface area contributed by atoms with Crippen molar-refractivity contribution in [1.29, 1.82) is 0 Å². The van der Waals surface area contributed by atoms with E-state index in [1.807, 2.05) is 0 Å². The second-order valence-electron chi connectivity index (χ2n) is 7.36. The van der Waals surface area contributed by atoms with Crippen LogP contribution in [0.25, 0.3) is 11.1 Å². The fraction of sp³-hybridized carbons (Fsp3) is 0.136. The number of fused-ring (bicyclic) bond motifs is 6. The molecular weight excluding hydrogens is 494 g/mol. The molecular formula is C22H17Cl2FN2O5S. The second-order valence-corrected chi connectivity index (χ2v) is 9.82. The van der Waals surface area contributed by atoms with Gasteiger partial charge in [-0.1, -0.05) is 41.4 Å². The number of carbonyl (C=O) groups excluding carboxylic acids is 1. The number of sulfonamides is 1. The lowest BCUT2D eigenvalue weighted by molar-refractivity contribution is 0.0932. The van der Waals surface area contributed by atoms with Gasteiger partial charge in [0, 0.05) is 16.7 Å². The molecule has 3 aromatic carbocycles. The van der Waals surface area contributed by atoms with E-state index in [-0.39, 0.29) is 22.2 Å². The SMILES string of the molecule is C[C@H]1CNC(=O)c2cc(Cl)c(O)c(c2)S(=O)(=O)Nc2cc(c(Cl)cc2F)-c2ccccc2O1. The van der Waals surface area contributed by atoms with E-state index in [2.05, 4.69) is 10.0 Å². The van der Waals surface area contributed by atoms with Crippen LogP contribution in [-0.4, -0.2) is 32.1 Å². The van der Waals surface area contributed by atoms with E-state index in [0.29, 0.717) is 16.9 Å². The maximum Gasteiger partial charge on any atom is 0.265 e. The molecule has 1 amide bonds. The predicted molar refractivity (Wildman–Crippen MR) is 123 cm³/mol. The molecule has 3 aromatic rings. The summed E-state index contributed by atoms with van der Waals surface area (Å²) in [5, 5.41) is 12.6. The summed E-state index contributed by atoms with van der Waals surface area (Å²) in [5.41, 5.74) is 0.270. The van der Waals surface area contributed by atoms with E-state index < -0.39 is 44.2 Å². The van der Waals surface area contributed by atoms with Crippen LogP contribution in [0.1, 0.15) is 17.3 Å². The van der Waals surface area contributed by atoms with Crippen LogP contribution in [0, 0.1) is 5.82 Å². The Bertz CT molecular complexity index is 1380. The van der Waals surface area contributed by atoms with Crippen LogP contribution in [0.5, 0.6) is 11.5 Å². The number of rotatable bonds is 0. The zero-order chi connectivity index (χ0) is 23.9. The third-order valence-electron chi connectivity index (χ3n) is 4.94. The number of ether oxygens (including phenoxy) is 1. The van der Waals surface area contributed by atoms with Gasteiger partial charge in [-0.15, -0.1) is 0 Å². The van der Waals surface area contributed by atoms with Gasteiger partial charge in [0.1, 0.15) is 22.6 Å². The fourth-order valence-corrected chi connectivity index (χ4v) is 5.06. The van der Waals surface area contributed by atoms with E-state index >= 15 is 0 Å². The smallest absolute Gasteiger partial charge is 0.265 e. The van der Waals surface area contributed by atoms with Crippen LogP contribution in [-0.2, 0) is 10.0 Å². The lowest BCUT2D eigenvalue weighted by atomic mass is 10.0. The summed E-state index contributed by atoms with van der Waals surface area (Å²) in [7, 11) is -4.56. The molecule has 3 N–H and O–H groups in total. The van der Waals surface area contributed by atoms with Crippen molar-refractivity contribution >= 4 is 44.8 Å². The number of para-hydroxylation sites is 1. The Labute approximate surface area is 199 Å². The number of phenols is 1. The molecule has 33 heavy (non-hydrogen) atoms. The van der Waals surface area contributed by atoms with Crippen molar-refractivity contribution < 1.29 is 27.4 Å². The standard InChI is InChI=1S/C22H17Cl2FN2O5S/c1-11-10-26-22(29)12-6-16(24)21(28)20(7-12)33(30,31)27-18-8-14(15(23)9-17(18)25)13-4-2-3-5-19(13)32-11/h2-9,11,27-28H,10H2,1H3,(H,26,29)/t11-/m0/s1. The Balaban J connectivity index is 1.96. The molecule has 4 bridgehead atoms. The minimum absolute atomic E-state index is 0.0321. The number of amides is 1. The van der Waals surface area contributed by atoms with Gasteiger partial charge in [-0.05, 0) is 37.3 Å². The van der Waals surface area contributed by atoms with Gasteiger partial charge in [-0.2, -0.15) is 0 Å². The first-order valence-electron chi connectivity index (χ1n) is 9.65. The summed E-state index contributed by atoms with van der Waals surface area (Å²) in [6.45, 7) is 1.81. The Hall–Kier alpha value is -3.01. The highest BCUT2D eigenvalue weighted by molar-refractivity contribution is 7.92. The molecule has 1 aliphatic heterocycles. The highest BCUT2D eigenvalue weighted by Crippen LogP contribution is 2.39. The molecule has 11 heteroatoms. The van der Waals surface area contributed by atoms with Crippen molar-refractivity contribution in [2.75, 3.05) is 11.3 Å². The number of benzene rings is 3. The number of anilines is 1. The molecule has 0 saturated heterocycles. The van der Waals surface area contributed by atoms with E-state index in [1.165, 1.54) is 6.07 Å². The summed E-state index contributed by atoms with van der Waals surface area (Å²) < 4.78 is 48.9. The van der Waals surface area contributed by atoms with Crippen molar-refractivity contribution in [3.8, 4) is 22.6 Å². The van der Waals surface area contributed by atoms with E-state index in [4.69, 9.17) is 27.9 Å². The number of halogens is 3. The molecule has 1 aliphatic rings. The molecule has 0 saturated carbocycles. The molecule has 0 spiro atoms. The van der Waals surface area contributed by atoms with Crippen LogP contribution < -0.4 is 14.8 Å². The molecule has 172 valence electrons. The van der Waals surface area contributed by atoms with Gasteiger partial charge in [0.2, 0.25) is 0 Å². The van der Waals surface area contributed by atoms with Crippen LogP contribution in [0.15, 0.2) is 53.4 Å². The van der Waals surface area contributed by atoms with Crippen LogP contribution in [0.4, 0.5) is 10.1 Å². The third-order valence-corrected chi connectivity index (χ3v) is 6.92. The average molecular weight is 511 g/mol. The first kappa shape index (κ1) is 23.2. The van der Waals surface area contributed by atoms with Crippen molar-refractivity contribution in [2.45, 2.75) is 17.9 Å². The second kappa shape index (κ2) is 8.74. The van der Waals surface area contributed by atoms with Gasteiger partial charge in [0.25, 0.3) is 15.9 Å². The van der Waals surface area contributed by atoms with Crippen molar-refractivity contribution in [3.63, 3.8) is 0 Å². The summed E-state index contributed by atoms with van der Waals surface area (Å²) in [5.74, 6) is -1.95. The predicted octanol–water partition coefficient (Wildman–Crippen LogP) is 4.82. The maximum atomic E-state index is 14.7. The number of hydrogen-bond acceptors (Lipinski definition) is 5. The largest absolute Gasteiger partial charge is 0.505 e. The Morgan fingerprint density at radius 1 is 1.09 bits per heavy atom. The van der Waals surface area contributed by atoms with Crippen molar-refractivity contribution in [3.05, 3.63) is 70.0 Å². The Morgan fingerprint density at radius 2 is 1.82 bits per heavy atom. The third kappa shape index (κ3) is 4.57. The van der Waals surface area contributed by atoms with Gasteiger partial charge in [-0.25, -0.2) is 12.8 Å². The number of phenolic OH excluding ortho intramolecular Hbond substituents is 1. The minimum atomic E-state index is -4.56. The summed E-state index contributed by atoms with van der Waals surface area (Å²) >= 11 is 12.3. The quantitative estimate of drug-likeness (QED) is 0.402. The highest BCUT2D eigenvalue weighted by atomic mass is 35.5. The van der Waals surface area contributed by atoms with Gasteiger partial charge in [0.15, 0.2) is 5.75 Å². The average Bonchev–Trinajstić information content (AvgIpc) is 2.75. The molecule has 0 fully saturated rings. The molecule has 1 heterocycles. The number of nitrogens with one attached hydrogen (secondary N) is 2. The zero-order valence-electron chi connectivity index (χ0n) is 17.0. The molecule has 4 rings (SSSR count). The zero-order valence-corrected chi connectivity index (χ0v) is 19.4. The Kier molecular flexibility index (Phi) is 6.13. The van der Waals surface area contributed by atoms with Gasteiger partial charge < -0.3 is 15.2 Å². The molecule has 1 atom stereocenters. The Morgan fingerprint density at radius 3 is 2.58 bits per heavy atom. The van der Waals surface area contributed by atoms with Crippen LogP contribution in [0.2, 0.25) is 10.0 Å². The lowest BCUT2D eigenvalue weighted by Gasteiger charge is -2.19. The summed E-state index contributed by atoms with van der Waals surface area (Å²) in [6.07, 6.45) is -0.493. The van der Waals surface area contributed by atoms with Crippen LogP contribution >= 0.6 is 23.2 Å². The van der Waals surface area contributed by atoms with Gasteiger partial charge >= 0.3 is 0 Å². The first-order chi connectivity index (χ1) is 15.6.